The van der Waals surface area contributed by atoms with Crippen LogP contribution in [0.4, 0.5) is 0 Å². The molecular formula is C9H13NO2. The summed E-state index contributed by atoms with van der Waals surface area (Å²) in [5.74, 6) is -0.235. The Morgan fingerprint density at radius 3 is 2.25 bits per heavy atom. The summed E-state index contributed by atoms with van der Waals surface area (Å²) in [6.45, 7) is 1.78. The third-order valence-electron chi connectivity index (χ3n) is 3.13. The van der Waals surface area contributed by atoms with Crippen LogP contribution < -0.4 is 5.32 Å². The lowest BCUT2D eigenvalue weighted by Crippen LogP contribution is -2.40. The Morgan fingerprint density at radius 2 is 1.75 bits per heavy atom. The van der Waals surface area contributed by atoms with E-state index in [-0.39, 0.29) is 17.0 Å². The Kier molecular flexibility index (Phi) is 1.76. The zero-order chi connectivity index (χ0) is 8.60. The highest BCUT2D eigenvalue weighted by molar-refractivity contribution is 6.41. The van der Waals surface area contributed by atoms with Gasteiger partial charge in [-0.05, 0) is 32.4 Å². The third kappa shape index (κ3) is 1.00. The normalized spacial score (nSPS) is 28.3. The van der Waals surface area contributed by atoms with Gasteiger partial charge in [0.15, 0.2) is 5.78 Å². The lowest BCUT2D eigenvalue weighted by atomic mass is 9.77. The average molecular weight is 167 g/mol. The van der Waals surface area contributed by atoms with Crippen LogP contribution >= 0.6 is 0 Å². The number of carbonyl (C=O) groups excluding carboxylic acids is 2. The first-order valence-electron chi connectivity index (χ1n) is 4.53. The van der Waals surface area contributed by atoms with Crippen molar-refractivity contribution in [3.63, 3.8) is 0 Å². The Balaban J connectivity index is 2.19. The summed E-state index contributed by atoms with van der Waals surface area (Å²) in [4.78, 5) is 22.6. The zero-order valence-corrected chi connectivity index (χ0v) is 7.06. The Morgan fingerprint density at radius 1 is 1.08 bits per heavy atom. The van der Waals surface area contributed by atoms with E-state index in [1.165, 1.54) is 0 Å². The molecule has 66 valence electrons. The van der Waals surface area contributed by atoms with Crippen molar-refractivity contribution in [3.05, 3.63) is 0 Å². The van der Waals surface area contributed by atoms with Gasteiger partial charge < -0.3 is 5.32 Å². The van der Waals surface area contributed by atoms with Crippen LogP contribution in [0.1, 0.15) is 25.7 Å². The molecule has 0 bridgehead atoms. The van der Waals surface area contributed by atoms with Gasteiger partial charge in [0.2, 0.25) is 5.78 Å². The summed E-state index contributed by atoms with van der Waals surface area (Å²) < 4.78 is 0. The maximum absolute atomic E-state index is 11.5. The molecule has 2 rings (SSSR count). The fraction of sp³-hybridized carbons (Fsp3) is 0.778. The molecule has 0 amide bonds. The molecule has 1 heterocycles. The minimum Gasteiger partial charge on any atom is -0.317 e. The number of nitrogens with one attached hydrogen (secondary N) is 1. The number of rotatable bonds is 0. The maximum atomic E-state index is 11.5. The molecule has 1 N–H and O–H groups in total. The number of ketones is 2. The molecule has 1 aliphatic carbocycles. The molecule has 3 heteroatoms. The molecule has 12 heavy (non-hydrogen) atoms. The van der Waals surface area contributed by atoms with Gasteiger partial charge in [-0.1, -0.05) is 0 Å². The van der Waals surface area contributed by atoms with E-state index >= 15 is 0 Å². The van der Waals surface area contributed by atoms with Crippen molar-refractivity contribution < 1.29 is 9.59 Å². The Hall–Kier alpha value is -0.700. The van der Waals surface area contributed by atoms with E-state index in [0.29, 0.717) is 6.42 Å². The molecule has 2 aliphatic rings. The molecule has 1 saturated carbocycles. The summed E-state index contributed by atoms with van der Waals surface area (Å²) in [6.07, 6.45) is 3.00. The molecule has 0 radical (unpaired) electrons. The molecule has 0 aromatic carbocycles. The van der Waals surface area contributed by atoms with Gasteiger partial charge in [-0.3, -0.25) is 9.59 Å². The molecule has 0 aromatic heterocycles. The fourth-order valence-electron chi connectivity index (χ4n) is 2.26. The van der Waals surface area contributed by atoms with Crippen LogP contribution in [-0.2, 0) is 9.59 Å². The number of hydrogen-bond donors (Lipinski definition) is 1. The second-order valence-electron chi connectivity index (χ2n) is 3.78. The maximum Gasteiger partial charge on any atom is 0.204 e. The van der Waals surface area contributed by atoms with Crippen LogP contribution in [0.3, 0.4) is 0 Å². The van der Waals surface area contributed by atoms with Gasteiger partial charge in [-0.25, -0.2) is 0 Å². The minimum absolute atomic E-state index is 0.0935. The highest BCUT2D eigenvalue weighted by Crippen LogP contribution is 2.40. The van der Waals surface area contributed by atoms with E-state index < -0.39 is 0 Å². The van der Waals surface area contributed by atoms with Crippen LogP contribution in [0.25, 0.3) is 0 Å². The van der Waals surface area contributed by atoms with Crippen molar-refractivity contribution in [1.29, 1.82) is 0 Å². The minimum atomic E-state index is -0.248. The molecule has 1 aliphatic heterocycles. The van der Waals surface area contributed by atoms with E-state index in [1.54, 1.807) is 0 Å². The second-order valence-corrected chi connectivity index (χ2v) is 3.78. The summed E-state index contributed by atoms with van der Waals surface area (Å²) >= 11 is 0. The van der Waals surface area contributed by atoms with Crippen molar-refractivity contribution in [2.45, 2.75) is 25.7 Å². The van der Waals surface area contributed by atoms with E-state index in [2.05, 4.69) is 5.32 Å². The number of carbonyl (C=O) groups is 2. The number of piperidine rings is 1. The van der Waals surface area contributed by atoms with Gasteiger partial charge in [0.1, 0.15) is 0 Å². The van der Waals surface area contributed by atoms with Gasteiger partial charge in [0.25, 0.3) is 0 Å². The van der Waals surface area contributed by atoms with E-state index in [9.17, 15) is 9.59 Å². The Labute approximate surface area is 71.5 Å². The van der Waals surface area contributed by atoms with Crippen molar-refractivity contribution >= 4 is 11.6 Å². The predicted octanol–water partition coefficient (Wildman–Crippen LogP) is 0.288. The standard InChI is InChI=1S/C9H13NO2/c11-7-1-2-9(8(7)12)3-5-10-6-4-9/h10H,1-6H2. The smallest absolute Gasteiger partial charge is 0.204 e. The molecule has 2 fully saturated rings. The van der Waals surface area contributed by atoms with Crippen LogP contribution in [0.5, 0.6) is 0 Å². The Bertz CT molecular complexity index is 229. The number of Topliss-reactive ketones (excluding diaryl/α,β-unsaturated/α-hetero) is 2. The lowest BCUT2D eigenvalue weighted by Gasteiger charge is -2.30. The van der Waals surface area contributed by atoms with E-state index in [1.807, 2.05) is 0 Å². The first kappa shape index (κ1) is 7.92. The van der Waals surface area contributed by atoms with Crippen molar-refractivity contribution in [1.82, 2.24) is 5.32 Å². The van der Waals surface area contributed by atoms with Gasteiger partial charge in [0.05, 0.1) is 0 Å². The first-order chi connectivity index (χ1) is 5.75. The van der Waals surface area contributed by atoms with Crippen LogP contribution in [-0.4, -0.2) is 24.7 Å². The highest BCUT2D eigenvalue weighted by atomic mass is 16.2. The molecule has 0 aromatic rings. The third-order valence-corrected chi connectivity index (χ3v) is 3.13. The average Bonchev–Trinajstić information content (AvgIpc) is 2.37. The molecule has 0 atom stereocenters. The summed E-state index contributed by atoms with van der Waals surface area (Å²) in [5, 5.41) is 3.21. The van der Waals surface area contributed by atoms with E-state index in [0.717, 1.165) is 32.4 Å². The van der Waals surface area contributed by atoms with Gasteiger partial charge in [0, 0.05) is 11.8 Å². The van der Waals surface area contributed by atoms with Crippen LogP contribution in [0.2, 0.25) is 0 Å². The predicted molar refractivity (Wildman–Crippen MR) is 43.8 cm³/mol. The lowest BCUT2D eigenvalue weighted by molar-refractivity contribution is -0.139. The van der Waals surface area contributed by atoms with Crippen molar-refractivity contribution in [3.8, 4) is 0 Å². The van der Waals surface area contributed by atoms with Crippen molar-refractivity contribution in [2.75, 3.05) is 13.1 Å². The molecular weight excluding hydrogens is 154 g/mol. The van der Waals surface area contributed by atoms with Gasteiger partial charge in [-0.2, -0.15) is 0 Å². The van der Waals surface area contributed by atoms with Crippen molar-refractivity contribution in [2.24, 2.45) is 5.41 Å². The first-order valence-corrected chi connectivity index (χ1v) is 4.53. The number of hydrogen-bond acceptors (Lipinski definition) is 3. The molecule has 1 spiro atoms. The summed E-state index contributed by atoms with van der Waals surface area (Å²) in [7, 11) is 0. The highest BCUT2D eigenvalue weighted by Gasteiger charge is 2.47. The quantitative estimate of drug-likeness (QED) is 0.527. The summed E-state index contributed by atoms with van der Waals surface area (Å²) in [5.41, 5.74) is -0.248. The molecule has 1 saturated heterocycles. The zero-order valence-electron chi connectivity index (χ0n) is 7.06. The SMILES string of the molecule is O=C1CCC2(CCNCC2)C1=O. The second kappa shape index (κ2) is 2.66. The largest absolute Gasteiger partial charge is 0.317 e. The van der Waals surface area contributed by atoms with Gasteiger partial charge in [-0.15, -0.1) is 0 Å². The fourth-order valence-corrected chi connectivity index (χ4v) is 2.26. The molecule has 3 nitrogen and oxygen atoms in total. The molecule has 0 unspecified atom stereocenters. The van der Waals surface area contributed by atoms with E-state index in [4.69, 9.17) is 0 Å². The monoisotopic (exact) mass is 167 g/mol. The van der Waals surface area contributed by atoms with Gasteiger partial charge >= 0.3 is 0 Å². The topological polar surface area (TPSA) is 46.2 Å². The van der Waals surface area contributed by atoms with Crippen LogP contribution in [0, 0.1) is 5.41 Å². The summed E-state index contributed by atoms with van der Waals surface area (Å²) in [6, 6.07) is 0. The van der Waals surface area contributed by atoms with Crippen LogP contribution in [0.15, 0.2) is 0 Å².